The van der Waals surface area contributed by atoms with E-state index in [9.17, 15) is 4.79 Å². The van der Waals surface area contributed by atoms with Crippen LogP contribution in [0.3, 0.4) is 0 Å². The summed E-state index contributed by atoms with van der Waals surface area (Å²) in [5.74, 6) is 1.72. The number of benzene rings is 1. The summed E-state index contributed by atoms with van der Waals surface area (Å²) >= 11 is 0. The summed E-state index contributed by atoms with van der Waals surface area (Å²) in [6, 6.07) is 5.00. The fraction of sp³-hybridized carbons (Fsp3) is 0.429. The third kappa shape index (κ3) is 1.97. The van der Waals surface area contributed by atoms with E-state index >= 15 is 0 Å². The van der Waals surface area contributed by atoms with Crippen molar-refractivity contribution in [2.75, 3.05) is 13.2 Å². The Hall–Kier alpha value is -2.24. The molecule has 0 fully saturated rings. The van der Waals surface area contributed by atoms with Gasteiger partial charge in [0.25, 0.3) is 0 Å². The number of nitrogens with zero attached hydrogens (tertiary/aromatic N) is 2. The van der Waals surface area contributed by atoms with E-state index in [0.29, 0.717) is 24.8 Å². The maximum Gasteiger partial charge on any atom is 0.346 e. The van der Waals surface area contributed by atoms with Crippen LogP contribution in [-0.2, 0) is 0 Å². The van der Waals surface area contributed by atoms with Crippen LogP contribution in [0.25, 0.3) is 0 Å². The normalized spacial score (nSPS) is 21.4. The van der Waals surface area contributed by atoms with Crippen molar-refractivity contribution in [1.82, 2.24) is 4.90 Å². The standard InChI is InChI=1S/C14H17N3O3/c1-8(2)17-12(13(15)16-14(17)18)9-3-4-10-11(7-9)20-6-5-19-10/h3-4,7-8,12H,5-6H2,1-2H3,(H2,15,16,18). The molecule has 1 unspecified atom stereocenters. The molecule has 3 rings (SSSR count). The van der Waals surface area contributed by atoms with Crippen molar-refractivity contribution in [2.45, 2.75) is 25.9 Å². The smallest absolute Gasteiger partial charge is 0.346 e. The van der Waals surface area contributed by atoms with Gasteiger partial charge in [0.2, 0.25) is 0 Å². The second-order valence-electron chi connectivity index (χ2n) is 5.13. The maximum absolute atomic E-state index is 11.9. The average Bonchev–Trinajstić information content (AvgIpc) is 2.73. The zero-order valence-electron chi connectivity index (χ0n) is 11.5. The number of carbonyl (C=O) groups excluding carboxylic acids is 1. The van der Waals surface area contributed by atoms with Crippen molar-refractivity contribution in [3.63, 3.8) is 0 Å². The van der Waals surface area contributed by atoms with Crippen LogP contribution in [0.15, 0.2) is 23.2 Å². The molecule has 0 saturated carbocycles. The number of nitrogens with two attached hydrogens (primary N) is 1. The first-order valence-corrected chi connectivity index (χ1v) is 6.64. The predicted molar refractivity (Wildman–Crippen MR) is 74.2 cm³/mol. The number of rotatable bonds is 2. The van der Waals surface area contributed by atoms with Gasteiger partial charge in [-0.3, -0.25) is 0 Å². The first-order valence-electron chi connectivity index (χ1n) is 6.64. The van der Waals surface area contributed by atoms with Gasteiger partial charge >= 0.3 is 6.03 Å². The Labute approximate surface area is 117 Å². The molecule has 0 aromatic heterocycles. The number of carbonyl (C=O) groups is 1. The summed E-state index contributed by atoms with van der Waals surface area (Å²) in [5, 5.41) is 0. The number of urea groups is 1. The largest absolute Gasteiger partial charge is 0.486 e. The number of hydrogen-bond donors (Lipinski definition) is 1. The Morgan fingerprint density at radius 2 is 2.00 bits per heavy atom. The predicted octanol–water partition coefficient (Wildman–Crippen LogP) is 1.70. The Bertz CT molecular complexity index is 583. The van der Waals surface area contributed by atoms with Gasteiger partial charge in [-0.25, -0.2) is 4.79 Å². The van der Waals surface area contributed by atoms with Gasteiger partial charge in [-0.05, 0) is 31.5 Å². The lowest BCUT2D eigenvalue weighted by atomic mass is 10.0. The van der Waals surface area contributed by atoms with Gasteiger partial charge in [-0.1, -0.05) is 6.07 Å². The molecule has 0 saturated heterocycles. The van der Waals surface area contributed by atoms with Crippen LogP contribution >= 0.6 is 0 Å². The highest BCUT2D eigenvalue weighted by molar-refractivity contribution is 6.03. The van der Waals surface area contributed by atoms with Crippen LogP contribution in [-0.4, -0.2) is 36.0 Å². The van der Waals surface area contributed by atoms with Gasteiger partial charge in [0.1, 0.15) is 25.1 Å². The summed E-state index contributed by atoms with van der Waals surface area (Å²) in [4.78, 5) is 17.4. The second-order valence-corrected chi connectivity index (χ2v) is 5.13. The van der Waals surface area contributed by atoms with E-state index in [2.05, 4.69) is 4.99 Å². The van der Waals surface area contributed by atoms with E-state index < -0.39 is 0 Å². The van der Waals surface area contributed by atoms with Gasteiger partial charge in [0, 0.05) is 6.04 Å². The second kappa shape index (κ2) is 4.70. The molecule has 1 aromatic rings. The monoisotopic (exact) mass is 275 g/mol. The maximum atomic E-state index is 11.9. The van der Waals surface area contributed by atoms with Crippen molar-refractivity contribution < 1.29 is 14.3 Å². The molecule has 20 heavy (non-hydrogen) atoms. The third-order valence-corrected chi connectivity index (χ3v) is 3.44. The lowest BCUT2D eigenvalue weighted by Gasteiger charge is -2.29. The molecule has 6 nitrogen and oxygen atoms in total. The lowest BCUT2D eigenvalue weighted by molar-refractivity contribution is 0.170. The van der Waals surface area contributed by atoms with Crippen LogP contribution in [0.2, 0.25) is 0 Å². The quantitative estimate of drug-likeness (QED) is 0.891. The van der Waals surface area contributed by atoms with E-state index in [1.54, 1.807) is 4.90 Å². The molecular weight excluding hydrogens is 258 g/mol. The summed E-state index contributed by atoms with van der Waals surface area (Å²) in [7, 11) is 0. The van der Waals surface area contributed by atoms with Gasteiger partial charge < -0.3 is 20.1 Å². The highest BCUT2D eigenvalue weighted by Gasteiger charge is 2.36. The molecule has 0 bridgehead atoms. The van der Waals surface area contributed by atoms with Crippen LogP contribution in [0.1, 0.15) is 25.5 Å². The first-order chi connectivity index (χ1) is 9.58. The van der Waals surface area contributed by atoms with Gasteiger partial charge in [-0.15, -0.1) is 0 Å². The molecule has 106 valence electrons. The molecule has 6 heteroatoms. The molecule has 2 aliphatic heterocycles. The van der Waals surface area contributed by atoms with Crippen molar-refractivity contribution in [3.8, 4) is 11.5 Å². The van der Waals surface area contributed by atoms with Gasteiger partial charge in [0.15, 0.2) is 11.5 Å². The van der Waals surface area contributed by atoms with Crippen LogP contribution in [0, 0.1) is 0 Å². The highest BCUT2D eigenvalue weighted by Crippen LogP contribution is 2.36. The van der Waals surface area contributed by atoms with E-state index in [1.807, 2.05) is 32.0 Å². The minimum Gasteiger partial charge on any atom is -0.486 e. The van der Waals surface area contributed by atoms with E-state index in [-0.39, 0.29) is 18.1 Å². The SMILES string of the molecule is CC(C)N1C(=O)N=C(N)C1c1ccc2c(c1)OCCO2. The minimum absolute atomic E-state index is 0.0190. The molecule has 2 amide bonds. The fourth-order valence-corrected chi connectivity index (χ4v) is 2.56. The first kappa shape index (κ1) is 12.8. The number of ether oxygens (including phenoxy) is 2. The average molecular weight is 275 g/mol. The summed E-state index contributed by atoms with van der Waals surface area (Å²) in [6.45, 7) is 4.96. The van der Waals surface area contributed by atoms with Gasteiger partial charge in [-0.2, -0.15) is 4.99 Å². The fourth-order valence-electron chi connectivity index (χ4n) is 2.56. The third-order valence-electron chi connectivity index (χ3n) is 3.44. The topological polar surface area (TPSA) is 77.2 Å². The lowest BCUT2D eigenvalue weighted by Crippen LogP contribution is -2.38. The van der Waals surface area contributed by atoms with Crippen molar-refractivity contribution in [3.05, 3.63) is 23.8 Å². The van der Waals surface area contributed by atoms with Crippen molar-refractivity contribution in [1.29, 1.82) is 0 Å². The van der Waals surface area contributed by atoms with E-state index in [0.717, 1.165) is 11.3 Å². The van der Waals surface area contributed by atoms with E-state index in [4.69, 9.17) is 15.2 Å². The van der Waals surface area contributed by atoms with Crippen LogP contribution in [0.5, 0.6) is 11.5 Å². The molecule has 0 radical (unpaired) electrons. The van der Waals surface area contributed by atoms with Crippen molar-refractivity contribution in [2.24, 2.45) is 10.7 Å². The number of fused-ring (bicyclic) bond motifs is 1. The zero-order chi connectivity index (χ0) is 14.3. The Kier molecular flexibility index (Phi) is 3.00. The van der Waals surface area contributed by atoms with E-state index in [1.165, 1.54) is 0 Å². The molecule has 2 aliphatic rings. The minimum atomic E-state index is -0.335. The summed E-state index contributed by atoms with van der Waals surface area (Å²) < 4.78 is 11.1. The Balaban J connectivity index is 1.99. The number of hydrogen-bond acceptors (Lipinski definition) is 4. The Morgan fingerprint density at radius 3 is 2.70 bits per heavy atom. The molecule has 0 aliphatic carbocycles. The van der Waals surface area contributed by atoms with Gasteiger partial charge in [0.05, 0.1) is 0 Å². The number of amides is 2. The molecular formula is C14H17N3O3. The molecule has 2 heterocycles. The number of aliphatic imine (C=N–C) groups is 1. The number of amidine groups is 1. The summed E-state index contributed by atoms with van der Waals surface area (Å²) in [6.07, 6.45) is 0. The Morgan fingerprint density at radius 1 is 1.30 bits per heavy atom. The molecule has 1 aromatic carbocycles. The molecule has 0 spiro atoms. The van der Waals surface area contributed by atoms with Crippen LogP contribution < -0.4 is 15.2 Å². The van der Waals surface area contributed by atoms with Crippen molar-refractivity contribution >= 4 is 11.9 Å². The highest BCUT2D eigenvalue weighted by atomic mass is 16.6. The molecule has 2 N–H and O–H groups in total. The van der Waals surface area contributed by atoms with Crippen LogP contribution in [0.4, 0.5) is 4.79 Å². The molecule has 1 atom stereocenters. The zero-order valence-corrected chi connectivity index (χ0v) is 11.5. The summed E-state index contributed by atoms with van der Waals surface area (Å²) in [5.41, 5.74) is 6.81.